The third kappa shape index (κ3) is 5.13. The molecule has 0 N–H and O–H groups in total. The molecule has 1 aliphatic rings. The Morgan fingerprint density at radius 3 is 3.11 bits per heavy atom. The van der Waals surface area contributed by atoms with Crippen LogP contribution in [-0.4, -0.2) is 43.9 Å². The summed E-state index contributed by atoms with van der Waals surface area (Å²) in [7, 11) is 0. The molecule has 19 heavy (non-hydrogen) atoms. The molecule has 0 spiro atoms. The molecule has 0 amide bonds. The molecule has 1 aromatic rings. The molecule has 0 aromatic heterocycles. The van der Waals surface area contributed by atoms with Gasteiger partial charge in [0.25, 0.3) is 0 Å². The largest absolute Gasteiger partial charge is 0.492 e. The predicted molar refractivity (Wildman–Crippen MR) is 80.7 cm³/mol. The van der Waals surface area contributed by atoms with Crippen LogP contribution < -0.4 is 4.74 Å². The zero-order valence-corrected chi connectivity index (χ0v) is 13.1. The van der Waals surface area contributed by atoms with Crippen LogP contribution in [0.2, 0.25) is 0 Å². The molecule has 0 radical (unpaired) electrons. The van der Waals surface area contributed by atoms with Gasteiger partial charge in [0, 0.05) is 24.2 Å². The van der Waals surface area contributed by atoms with E-state index in [1.807, 2.05) is 24.3 Å². The minimum atomic E-state index is 0.407. The van der Waals surface area contributed by atoms with Gasteiger partial charge in [-0.15, -0.1) is 0 Å². The highest BCUT2D eigenvalue weighted by Crippen LogP contribution is 2.18. The van der Waals surface area contributed by atoms with Gasteiger partial charge in [0.05, 0.1) is 6.10 Å². The molecular weight excluding hydrogens is 306 g/mol. The first-order chi connectivity index (χ1) is 9.28. The summed E-state index contributed by atoms with van der Waals surface area (Å²) in [5.74, 6) is 0.924. The first-order valence-corrected chi connectivity index (χ1v) is 7.79. The van der Waals surface area contributed by atoms with Crippen molar-refractivity contribution in [3.8, 4) is 5.75 Å². The lowest BCUT2D eigenvalue weighted by molar-refractivity contribution is 0.00304. The summed E-state index contributed by atoms with van der Waals surface area (Å²) in [6, 6.07) is 7.98. The van der Waals surface area contributed by atoms with Crippen molar-refractivity contribution in [3.63, 3.8) is 0 Å². The van der Waals surface area contributed by atoms with Crippen molar-refractivity contribution < 1.29 is 9.47 Å². The molecule has 4 heteroatoms. The van der Waals surface area contributed by atoms with E-state index >= 15 is 0 Å². The SMILES string of the molecule is CCOC1CCCN(CCOc2cccc(Br)c2)C1. The lowest BCUT2D eigenvalue weighted by Crippen LogP contribution is -2.41. The second kappa shape index (κ2) is 7.88. The Labute approximate surface area is 124 Å². The van der Waals surface area contributed by atoms with E-state index < -0.39 is 0 Å². The van der Waals surface area contributed by atoms with Crippen LogP contribution in [0.4, 0.5) is 0 Å². The molecule has 1 heterocycles. The van der Waals surface area contributed by atoms with E-state index in [2.05, 4.69) is 27.8 Å². The standard InChI is InChI=1S/C15H22BrNO2/c1-2-18-15-7-4-8-17(12-15)9-10-19-14-6-3-5-13(16)11-14/h3,5-6,11,15H,2,4,7-10,12H2,1H3. The molecular formula is C15H22BrNO2. The van der Waals surface area contributed by atoms with Gasteiger partial charge in [-0.25, -0.2) is 0 Å². The minimum Gasteiger partial charge on any atom is -0.492 e. The number of hydrogen-bond acceptors (Lipinski definition) is 3. The molecule has 2 rings (SSSR count). The first-order valence-electron chi connectivity index (χ1n) is 7.00. The van der Waals surface area contributed by atoms with E-state index in [0.29, 0.717) is 6.10 Å². The monoisotopic (exact) mass is 327 g/mol. The summed E-state index contributed by atoms with van der Waals surface area (Å²) in [4.78, 5) is 2.43. The molecule has 0 saturated carbocycles. The fraction of sp³-hybridized carbons (Fsp3) is 0.600. The van der Waals surface area contributed by atoms with Gasteiger partial charge in [-0.3, -0.25) is 4.90 Å². The van der Waals surface area contributed by atoms with Crippen LogP contribution in [0.1, 0.15) is 19.8 Å². The average molecular weight is 328 g/mol. The first kappa shape index (κ1) is 14.8. The zero-order valence-electron chi connectivity index (χ0n) is 11.5. The Balaban J connectivity index is 1.70. The zero-order chi connectivity index (χ0) is 13.5. The third-order valence-electron chi connectivity index (χ3n) is 3.34. The van der Waals surface area contributed by atoms with E-state index in [1.165, 1.54) is 12.8 Å². The van der Waals surface area contributed by atoms with Crippen molar-refractivity contribution in [2.45, 2.75) is 25.9 Å². The quantitative estimate of drug-likeness (QED) is 0.800. The van der Waals surface area contributed by atoms with Gasteiger partial charge in [-0.1, -0.05) is 22.0 Å². The van der Waals surface area contributed by atoms with Crippen molar-refractivity contribution in [3.05, 3.63) is 28.7 Å². The number of piperidine rings is 1. The normalized spacial score (nSPS) is 20.4. The average Bonchev–Trinajstić information content (AvgIpc) is 2.40. The van der Waals surface area contributed by atoms with Gasteiger partial charge < -0.3 is 9.47 Å². The topological polar surface area (TPSA) is 21.7 Å². The Bertz CT molecular complexity index is 384. The molecule has 1 unspecified atom stereocenters. The number of nitrogens with zero attached hydrogens (tertiary/aromatic N) is 1. The Hall–Kier alpha value is -0.580. The lowest BCUT2D eigenvalue weighted by Gasteiger charge is -2.32. The summed E-state index contributed by atoms with van der Waals surface area (Å²) < 4.78 is 12.5. The molecule has 1 fully saturated rings. The highest BCUT2D eigenvalue weighted by Gasteiger charge is 2.19. The molecule has 0 bridgehead atoms. The van der Waals surface area contributed by atoms with Crippen molar-refractivity contribution in [1.82, 2.24) is 4.90 Å². The van der Waals surface area contributed by atoms with E-state index in [9.17, 15) is 0 Å². The second-order valence-electron chi connectivity index (χ2n) is 4.83. The molecule has 106 valence electrons. The van der Waals surface area contributed by atoms with Crippen molar-refractivity contribution in [2.24, 2.45) is 0 Å². The molecule has 1 saturated heterocycles. The maximum atomic E-state index is 5.77. The van der Waals surface area contributed by atoms with Crippen LogP contribution in [0.3, 0.4) is 0 Å². The van der Waals surface area contributed by atoms with Gasteiger partial charge in [0.1, 0.15) is 12.4 Å². The molecule has 1 aromatic carbocycles. The highest BCUT2D eigenvalue weighted by molar-refractivity contribution is 9.10. The van der Waals surface area contributed by atoms with Gasteiger partial charge in [-0.2, -0.15) is 0 Å². The van der Waals surface area contributed by atoms with Crippen LogP contribution in [0.5, 0.6) is 5.75 Å². The summed E-state index contributed by atoms with van der Waals surface area (Å²) in [6.07, 6.45) is 2.82. The predicted octanol–water partition coefficient (Wildman–Crippen LogP) is 3.33. The Kier molecular flexibility index (Phi) is 6.14. The summed E-state index contributed by atoms with van der Waals surface area (Å²) >= 11 is 3.45. The number of halogens is 1. The van der Waals surface area contributed by atoms with Gasteiger partial charge in [-0.05, 0) is 44.5 Å². The molecule has 0 aliphatic carbocycles. The Morgan fingerprint density at radius 2 is 2.32 bits per heavy atom. The van der Waals surface area contributed by atoms with Crippen LogP contribution >= 0.6 is 15.9 Å². The van der Waals surface area contributed by atoms with Crippen molar-refractivity contribution >= 4 is 15.9 Å². The minimum absolute atomic E-state index is 0.407. The summed E-state index contributed by atoms with van der Waals surface area (Å²) in [5, 5.41) is 0. The van der Waals surface area contributed by atoms with Gasteiger partial charge in [0.15, 0.2) is 0 Å². The number of likely N-dealkylation sites (tertiary alicyclic amines) is 1. The highest BCUT2D eigenvalue weighted by atomic mass is 79.9. The fourth-order valence-electron chi connectivity index (χ4n) is 2.44. The van der Waals surface area contributed by atoms with Crippen LogP contribution in [-0.2, 0) is 4.74 Å². The van der Waals surface area contributed by atoms with E-state index in [4.69, 9.17) is 9.47 Å². The Morgan fingerprint density at radius 1 is 1.42 bits per heavy atom. The molecule has 1 aliphatic heterocycles. The van der Waals surface area contributed by atoms with Crippen molar-refractivity contribution in [2.75, 3.05) is 32.8 Å². The molecule has 1 atom stereocenters. The second-order valence-corrected chi connectivity index (χ2v) is 5.74. The summed E-state index contributed by atoms with van der Waals surface area (Å²) in [6.45, 7) is 6.77. The van der Waals surface area contributed by atoms with Crippen LogP contribution in [0, 0.1) is 0 Å². The van der Waals surface area contributed by atoms with Crippen LogP contribution in [0.25, 0.3) is 0 Å². The van der Waals surface area contributed by atoms with E-state index in [-0.39, 0.29) is 0 Å². The smallest absolute Gasteiger partial charge is 0.120 e. The van der Waals surface area contributed by atoms with Crippen molar-refractivity contribution in [1.29, 1.82) is 0 Å². The van der Waals surface area contributed by atoms with E-state index in [1.54, 1.807) is 0 Å². The van der Waals surface area contributed by atoms with Crippen LogP contribution in [0.15, 0.2) is 28.7 Å². The molecule has 3 nitrogen and oxygen atoms in total. The summed E-state index contributed by atoms with van der Waals surface area (Å²) in [5.41, 5.74) is 0. The lowest BCUT2D eigenvalue weighted by atomic mass is 10.1. The van der Waals surface area contributed by atoms with Gasteiger partial charge in [0.2, 0.25) is 0 Å². The number of hydrogen-bond donors (Lipinski definition) is 0. The van der Waals surface area contributed by atoms with E-state index in [0.717, 1.165) is 43.1 Å². The fourth-order valence-corrected chi connectivity index (χ4v) is 2.82. The maximum Gasteiger partial charge on any atom is 0.120 e. The van der Waals surface area contributed by atoms with Gasteiger partial charge >= 0.3 is 0 Å². The number of benzene rings is 1. The maximum absolute atomic E-state index is 5.77. The third-order valence-corrected chi connectivity index (χ3v) is 3.83. The number of ether oxygens (including phenoxy) is 2. The number of rotatable bonds is 6.